The molecular formula is C11H18O2. The van der Waals surface area contributed by atoms with E-state index in [2.05, 4.69) is 13.8 Å². The molecule has 0 aromatic carbocycles. The normalized spacial score (nSPS) is 33.5. The third kappa shape index (κ3) is 1.48. The third-order valence-electron chi connectivity index (χ3n) is 3.24. The van der Waals surface area contributed by atoms with Crippen LogP contribution in [0.25, 0.3) is 0 Å². The molecule has 0 saturated carbocycles. The van der Waals surface area contributed by atoms with E-state index in [4.69, 9.17) is 4.74 Å². The van der Waals surface area contributed by atoms with Gasteiger partial charge < -0.3 is 9.84 Å². The molecule has 0 aromatic heterocycles. The molecule has 2 rings (SSSR count). The number of aliphatic hydroxyl groups excluding tert-OH is 1. The van der Waals surface area contributed by atoms with Gasteiger partial charge in [0.05, 0.1) is 6.61 Å². The highest BCUT2D eigenvalue weighted by Crippen LogP contribution is 2.40. The molecule has 0 radical (unpaired) electrons. The van der Waals surface area contributed by atoms with Crippen LogP contribution in [0.3, 0.4) is 0 Å². The van der Waals surface area contributed by atoms with Gasteiger partial charge in [0.1, 0.15) is 11.9 Å². The molecule has 0 bridgehead atoms. The van der Waals surface area contributed by atoms with Gasteiger partial charge in [-0.3, -0.25) is 0 Å². The Balaban J connectivity index is 2.14. The minimum absolute atomic E-state index is 0.324. The molecule has 2 heteroatoms. The van der Waals surface area contributed by atoms with Gasteiger partial charge in [0, 0.05) is 0 Å². The number of rotatable bonds is 1. The van der Waals surface area contributed by atoms with Crippen molar-refractivity contribution in [3.05, 3.63) is 11.3 Å². The summed E-state index contributed by atoms with van der Waals surface area (Å²) in [5.74, 6) is 1.84. The van der Waals surface area contributed by atoms with Crippen LogP contribution in [0.5, 0.6) is 0 Å². The summed E-state index contributed by atoms with van der Waals surface area (Å²) in [6.45, 7) is 5.14. The number of allylic oxidation sites excluding steroid dienone is 1. The second-order valence-corrected chi connectivity index (χ2v) is 4.48. The van der Waals surface area contributed by atoms with Crippen LogP contribution in [0.2, 0.25) is 0 Å². The summed E-state index contributed by atoms with van der Waals surface area (Å²) < 4.78 is 5.52. The first-order valence-corrected chi connectivity index (χ1v) is 5.23. The second kappa shape index (κ2) is 3.33. The molecule has 0 fully saturated rings. The minimum atomic E-state index is -0.324. The van der Waals surface area contributed by atoms with Gasteiger partial charge in [0.2, 0.25) is 0 Å². The number of ether oxygens (including phenoxy) is 1. The van der Waals surface area contributed by atoms with Gasteiger partial charge in [-0.25, -0.2) is 0 Å². The Hall–Kier alpha value is -0.500. The molecule has 1 aliphatic carbocycles. The lowest BCUT2D eigenvalue weighted by Gasteiger charge is -2.21. The van der Waals surface area contributed by atoms with Crippen molar-refractivity contribution in [1.82, 2.24) is 0 Å². The Bertz CT molecular complexity index is 230. The van der Waals surface area contributed by atoms with Crippen LogP contribution in [0.4, 0.5) is 0 Å². The monoisotopic (exact) mass is 182 g/mol. The third-order valence-corrected chi connectivity index (χ3v) is 3.24. The molecule has 0 spiro atoms. The van der Waals surface area contributed by atoms with Gasteiger partial charge >= 0.3 is 0 Å². The highest BCUT2D eigenvalue weighted by molar-refractivity contribution is 5.23. The fourth-order valence-electron chi connectivity index (χ4n) is 2.38. The Kier molecular flexibility index (Phi) is 2.33. The Labute approximate surface area is 79.6 Å². The first kappa shape index (κ1) is 9.07. The van der Waals surface area contributed by atoms with Crippen molar-refractivity contribution in [2.45, 2.75) is 39.2 Å². The quantitative estimate of drug-likeness (QED) is 0.673. The average molecular weight is 182 g/mol. The van der Waals surface area contributed by atoms with E-state index in [0.717, 1.165) is 31.6 Å². The van der Waals surface area contributed by atoms with Crippen molar-refractivity contribution < 1.29 is 9.84 Å². The fraction of sp³-hybridized carbons (Fsp3) is 0.818. The lowest BCUT2D eigenvalue weighted by atomic mass is 9.90. The Morgan fingerprint density at radius 1 is 1.46 bits per heavy atom. The molecule has 2 aliphatic rings. The molecule has 2 atom stereocenters. The lowest BCUT2D eigenvalue weighted by molar-refractivity contribution is 0.0601. The molecule has 1 aliphatic heterocycles. The molecule has 2 nitrogen and oxygen atoms in total. The van der Waals surface area contributed by atoms with E-state index in [1.165, 1.54) is 5.57 Å². The maximum absolute atomic E-state index is 9.97. The van der Waals surface area contributed by atoms with Crippen molar-refractivity contribution in [1.29, 1.82) is 0 Å². The highest BCUT2D eigenvalue weighted by Gasteiger charge is 2.37. The summed E-state index contributed by atoms with van der Waals surface area (Å²) in [4.78, 5) is 0. The molecule has 0 amide bonds. The van der Waals surface area contributed by atoms with E-state index in [0.29, 0.717) is 11.8 Å². The summed E-state index contributed by atoms with van der Waals surface area (Å²) in [5, 5.41) is 9.97. The van der Waals surface area contributed by atoms with Gasteiger partial charge in [-0.15, -0.1) is 0 Å². The van der Waals surface area contributed by atoms with Crippen LogP contribution in [-0.4, -0.2) is 17.8 Å². The maximum Gasteiger partial charge on any atom is 0.124 e. The molecule has 74 valence electrons. The van der Waals surface area contributed by atoms with Gasteiger partial charge in [0.15, 0.2) is 0 Å². The van der Waals surface area contributed by atoms with Crippen molar-refractivity contribution in [2.24, 2.45) is 11.8 Å². The van der Waals surface area contributed by atoms with E-state index >= 15 is 0 Å². The fourth-order valence-corrected chi connectivity index (χ4v) is 2.38. The summed E-state index contributed by atoms with van der Waals surface area (Å²) in [7, 11) is 0. The molecule has 1 N–H and O–H groups in total. The van der Waals surface area contributed by atoms with Crippen LogP contribution in [0, 0.1) is 11.8 Å². The van der Waals surface area contributed by atoms with E-state index < -0.39 is 0 Å². The topological polar surface area (TPSA) is 29.5 Å². The lowest BCUT2D eigenvalue weighted by Crippen LogP contribution is -2.23. The standard InChI is InChI=1S/C11H18O2/c1-7(2)9-6-8-4-3-5-13-11(8)10(9)12/h7,9-10,12H,3-6H2,1-2H3. The van der Waals surface area contributed by atoms with Gasteiger partial charge in [-0.1, -0.05) is 13.8 Å². The van der Waals surface area contributed by atoms with Crippen LogP contribution in [-0.2, 0) is 4.74 Å². The number of hydrogen-bond donors (Lipinski definition) is 1. The van der Waals surface area contributed by atoms with Crippen LogP contribution >= 0.6 is 0 Å². The van der Waals surface area contributed by atoms with Crippen molar-refractivity contribution in [3.8, 4) is 0 Å². The molecule has 0 saturated heterocycles. The largest absolute Gasteiger partial charge is 0.495 e. The van der Waals surface area contributed by atoms with Gasteiger partial charge in [0.25, 0.3) is 0 Å². The van der Waals surface area contributed by atoms with E-state index in [9.17, 15) is 5.11 Å². The van der Waals surface area contributed by atoms with Crippen molar-refractivity contribution in [2.75, 3.05) is 6.61 Å². The average Bonchev–Trinajstić information content (AvgIpc) is 2.45. The summed E-state index contributed by atoms with van der Waals surface area (Å²) in [6.07, 6.45) is 2.98. The number of hydrogen-bond acceptors (Lipinski definition) is 2. The van der Waals surface area contributed by atoms with E-state index in [1.54, 1.807) is 0 Å². The summed E-state index contributed by atoms with van der Waals surface area (Å²) in [6, 6.07) is 0. The number of aliphatic hydroxyl groups is 1. The van der Waals surface area contributed by atoms with Crippen molar-refractivity contribution >= 4 is 0 Å². The molecule has 0 aromatic rings. The van der Waals surface area contributed by atoms with Crippen LogP contribution in [0.15, 0.2) is 11.3 Å². The molecular weight excluding hydrogens is 164 g/mol. The zero-order valence-electron chi connectivity index (χ0n) is 8.42. The van der Waals surface area contributed by atoms with Crippen molar-refractivity contribution in [3.63, 3.8) is 0 Å². The first-order chi connectivity index (χ1) is 6.20. The summed E-state index contributed by atoms with van der Waals surface area (Å²) >= 11 is 0. The highest BCUT2D eigenvalue weighted by atomic mass is 16.5. The molecule has 1 heterocycles. The van der Waals surface area contributed by atoms with Crippen LogP contribution < -0.4 is 0 Å². The summed E-state index contributed by atoms with van der Waals surface area (Å²) in [5.41, 5.74) is 1.37. The zero-order valence-corrected chi connectivity index (χ0v) is 8.42. The predicted molar refractivity (Wildman–Crippen MR) is 51.2 cm³/mol. The van der Waals surface area contributed by atoms with E-state index in [1.807, 2.05) is 0 Å². The predicted octanol–water partition coefficient (Wildman–Crippen LogP) is 2.09. The van der Waals surface area contributed by atoms with Gasteiger partial charge in [-0.05, 0) is 36.7 Å². The van der Waals surface area contributed by atoms with Crippen LogP contribution in [0.1, 0.15) is 33.1 Å². The molecule has 2 unspecified atom stereocenters. The zero-order chi connectivity index (χ0) is 9.42. The smallest absolute Gasteiger partial charge is 0.124 e. The molecule has 13 heavy (non-hydrogen) atoms. The van der Waals surface area contributed by atoms with E-state index in [-0.39, 0.29) is 6.10 Å². The Morgan fingerprint density at radius 3 is 2.85 bits per heavy atom. The SMILES string of the molecule is CC(C)C1CC2=C(OCCC2)C1O. The van der Waals surface area contributed by atoms with Gasteiger partial charge in [-0.2, -0.15) is 0 Å². The minimum Gasteiger partial charge on any atom is -0.495 e. The maximum atomic E-state index is 9.97. The Morgan fingerprint density at radius 2 is 2.23 bits per heavy atom. The first-order valence-electron chi connectivity index (χ1n) is 5.23. The second-order valence-electron chi connectivity index (χ2n) is 4.48.